The summed E-state index contributed by atoms with van der Waals surface area (Å²) in [4.78, 5) is -0.0128. The molecule has 7 heteroatoms. The molecule has 2 aromatic carbocycles. The van der Waals surface area contributed by atoms with E-state index in [-0.39, 0.29) is 10.6 Å². The Morgan fingerprint density at radius 2 is 1.78 bits per heavy atom. The maximum atomic E-state index is 12.3. The van der Waals surface area contributed by atoms with Crippen molar-refractivity contribution in [3.05, 3.63) is 48.0 Å². The van der Waals surface area contributed by atoms with Gasteiger partial charge in [-0.25, -0.2) is 13.6 Å². The molecule has 6 nitrogen and oxygen atoms in total. The molecular formula is C20H29N3O3S. The Bertz CT molecular complexity index is 824. The van der Waals surface area contributed by atoms with E-state index in [4.69, 9.17) is 9.88 Å². The Balaban J connectivity index is 2.47. The summed E-state index contributed by atoms with van der Waals surface area (Å²) in [6, 6.07) is 12.6. The van der Waals surface area contributed by atoms with Crippen molar-refractivity contribution in [1.82, 2.24) is 5.32 Å². The van der Waals surface area contributed by atoms with E-state index in [1.807, 2.05) is 24.3 Å². The molecule has 0 heterocycles. The molecule has 0 aromatic heterocycles. The molecule has 0 radical (unpaired) electrons. The number of nitrogens with two attached hydrogens (primary N) is 1. The van der Waals surface area contributed by atoms with Crippen molar-refractivity contribution in [3.63, 3.8) is 0 Å². The molecule has 2 rings (SSSR count). The van der Waals surface area contributed by atoms with Gasteiger partial charge in [-0.2, -0.15) is 0 Å². The molecule has 27 heavy (non-hydrogen) atoms. The summed E-state index contributed by atoms with van der Waals surface area (Å²) in [5.41, 5.74) is 1.47. The second-order valence-corrected chi connectivity index (χ2v) is 7.92. The lowest BCUT2D eigenvalue weighted by Crippen LogP contribution is -2.18. The molecule has 0 spiro atoms. The lowest BCUT2D eigenvalue weighted by molar-refractivity contribution is 0.468. The summed E-state index contributed by atoms with van der Waals surface area (Å²) >= 11 is 0. The largest absolute Gasteiger partial charge is 0.454 e. The Morgan fingerprint density at radius 1 is 1.04 bits per heavy atom. The molecule has 148 valence electrons. The number of primary sulfonamides is 1. The summed E-state index contributed by atoms with van der Waals surface area (Å²) in [7, 11) is -3.95. The minimum Gasteiger partial charge on any atom is -0.454 e. The summed E-state index contributed by atoms with van der Waals surface area (Å²) in [5, 5.41) is 12.1. The van der Waals surface area contributed by atoms with E-state index in [1.54, 1.807) is 18.2 Å². The van der Waals surface area contributed by atoms with Crippen LogP contribution in [0.1, 0.15) is 38.7 Å². The Kier molecular flexibility index (Phi) is 8.09. The van der Waals surface area contributed by atoms with Crippen LogP contribution in [0.3, 0.4) is 0 Å². The monoisotopic (exact) mass is 391 g/mol. The number of anilines is 1. The van der Waals surface area contributed by atoms with Crippen LogP contribution in [0.2, 0.25) is 0 Å². The van der Waals surface area contributed by atoms with Gasteiger partial charge in [0.2, 0.25) is 10.0 Å². The van der Waals surface area contributed by atoms with Crippen molar-refractivity contribution in [2.24, 2.45) is 5.14 Å². The zero-order chi connectivity index (χ0) is 19.7. The molecule has 0 fully saturated rings. The number of unbranched alkanes of at least 4 members (excludes halogenated alkanes) is 1. The molecule has 4 N–H and O–H groups in total. The highest BCUT2D eigenvalue weighted by Gasteiger charge is 2.21. The number of nitrogens with one attached hydrogen (secondary N) is 2. The standard InChI is InChI=1S/C20H29N3O3S/c1-3-5-12-23-18-13-16(15-22-11-4-2)14-19(27(21,24)25)20(18)26-17-9-7-6-8-10-17/h6-10,13-14,22-23H,3-5,11-12,15H2,1-2H3,(H2,21,24,25). The number of hydrogen-bond acceptors (Lipinski definition) is 5. The Hall–Kier alpha value is -2.09. The topological polar surface area (TPSA) is 93.5 Å². The Labute approximate surface area is 162 Å². The van der Waals surface area contributed by atoms with Crippen LogP contribution < -0.4 is 20.5 Å². The molecule has 0 aliphatic rings. The van der Waals surface area contributed by atoms with Gasteiger partial charge in [0.25, 0.3) is 0 Å². The predicted octanol–water partition coefficient (Wildman–Crippen LogP) is 3.84. The van der Waals surface area contributed by atoms with Gasteiger partial charge >= 0.3 is 0 Å². The van der Waals surface area contributed by atoms with Crippen molar-refractivity contribution in [2.45, 2.75) is 44.6 Å². The number of hydrogen-bond donors (Lipinski definition) is 3. The lowest BCUT2D eigenvalue weighted by atomic mass is 10.1. The number of benzene rings is 2. The first-order valence-corrected chi connectivity index (χ1v) is 10.9. The smallest absolute Gasteiger partial charge is 0.241 e. The highest BCUT2D eigenvalue weighted by molar-refractivity contribution is 7.89. The first kappa shape index (κ1) is 21.2. The van der Waals surface area contributed by atoms with Crippen LogP contribution in [-0.4, -0.2) is 21.5 Å². The summed E-state index contributed by atoms with van der Waals surface area (Å²) in [5.74, 6) is 0.789. The first-order valence-electron chi connectivity index (χ1n) is 9.33. The van der Waals surface area contributed by atoms with Crippen molar-refractivity contribution >= 4 is 15.7 Å². The van der Waals surface area contributed by atoms with E-state index in [9.17, 15) is 8.42 Å². The summed E-state index contributed by atoms with van der Waals surface area (Å²) in [6.07, 6.45) is 2.99. The first-order chi connectivity index (χ1) is 13.0. The number of rotatable bonds is 11. The molecule has 0 bridgehead atoms. The number of para-hydroxylation sites is 1. The molecular weight excluding hydrogens is 362 g/mol. The molecule has 0 saturated heterocycles. The van der Waals surface area contributed by atoms with Gasteiger partial charge in [-0.3, -0.25) is 0 Å². The van der Waals surface area contributed by atoms with Crippen LogP contribution in [0.25, 0.3) is 0 Å². The molecule has 0 aliphatic carbocycles. The zero-order valence-corrected chi connectivity index (χ0v) is 16.8. The minimum atomic E-state index is -3.95. The van der Waals surface area contributed by atoms with Crippen molar-refractivity contribution in [2.75, 3.05) is 18.4 Å². The van der Waals surface area contributed by atoms with Gasteiger partial charge in [0.05, 0.1) is 5.69 Å². The van der Waals surface area contributed by atoms with E-state index in [0.29, 0.717) is 18.0 Å². The van der Waals surface area contributed by atoms with Crippen LogP contribution in [-0.2, 0) is 16.6 Å². The number of sulfonamides is 1. The fourth-order valence-electron chi connectivity index (χ4n) is 2.62. The lowest BCUT2D eigenvalue weighted by Gasteiger charge is -2.18. The van der Waals surface area contributed by atoms with Crippen molar-refractivity contribution in [1.29, 1.82) is 0 Å². The van der Waals surface area contributed by atoms with E-state index in [2.05, 4.69) is 24.5 Å². The second-order valence-electron chi connectivity index (χ2n) is 6.39. The third-order valence-electron chi connectivity index (χ3n) is 3.99. The van der Waals surface area contributed by atoms with E-state index in [1.165, 1.54) is 0 Å². The molecule has 0 aliphatic heterocycles. The maximum Gasteiger partial charge on any atom is 0.241 e. The summed E-state index contributed by atoms with van der Waals surface area (Å²) < 4.78 is 30.5. The molecule has 0 unspecified atom stereocenters. The van der Waals surface area contributed by atoms with Gasteiger partial charge in [0.15, 0.2) is 5.75 Å². The quantitative estimate of drug-likeness (QED) is 0.506. The van der Waals surface area contributed by atoms with Crippen LogP contribution in [0.15, 0.2) is 47.4 Å². The van der Waals surface area contributed by atoms with Crippen molar-refractivity contribution in [3.8, 4) is 11.5 Å². The normalized spacial score (nSPS) is 11.4. The van der Waals surface area contributed by atoms with E-state index < -0.39 is 10.0 Å². The Morgan fingerprint density at radius 3 is 2.41 bits per heavy atom. The molecule has 0 atom stereocenters. The van der Waals surface area contributed by atoms with Gasteiger partial charge < -0.3 is 15.4 Å². The fraction of sp³-hybridized carbons (Fsp3) is 0.400. The van der Waals surface area contributed by atoms with Crippen LogP contribution in [0.4, 0.5) is 5.69 Å². The predicted molar refractivity (Wildman–Crippen MR) is 110 cm³/mol. The average Bonchev–Trinajstić information content (AvgIpc) is 2.63. The fourth-order valence-corrected chi connectivity index (χ4v) is 3.35. The molecule has 0 saturated carbocycles. The van der Waals surface area contributed by atoms with Crippen LogP contribution in [0.5, 0.6) is 11.5 Å². The minimum absolute atomic E-state index is 0.0128. The van der Waals surface area contributed by atoms with Gasteiger partial charge in [0, 0.05) is 13.1 Å². The third-order valence-corrected chi connectivity index (χ3v) is 4.90. The molecule has 2 aromatic rings. The van der Waals surface area contributed by atoms with E-state index in [0.717, 1.165) is 37.9 Å². The summed E-state index contributed by atoms with van der Waals surface area (Å²) in [6.45, 7) is 6.31. The van der Waals surface area contributed by atoms with E-state index >= 15 is 0 Å². The second kappa shape index (κ2) is 10.3. The van der Waals surface area contributed by atoms with Crippen LogP contribution >= 0.6 is 0 Å². The van der Waals surface area contributed by atoms with Crippen LogP contribution in [0, 0.1) is 0 Å². The maximum absolute atomic E-state index is 12.3. The SMILES string of the molecule is CCCCNc1cc(CNCCC)cc(S(N)(=O)=O)c1Oc1ccccc1. The highest BCUT2D eigenvalue weighted by atomic mass is 32.2. The van der Waals surface area contributed by atoms with Gasteiger partial charge in [-0.1, -0.05) is 38.5 Å². The number of ether oxygens (including phenoxy) is 1. The third kappa shape index (κ3) is 6.53. The molecule has 0 amide bonds. The van der Waals surface area contributed by atoms with Gasteiger partial charge in [0.1, 0.15) is 10.6 Å². The highest BCUT2D eigenvalue weighted by Crippen LogP contribution is 2.37. The van der Waals surface area contributed by atoms with Crippen molar-refractivity contribution < 1.29 is 13.2 Å². The zero-order valence-electron chi connectivity index (χ0n) is 16.0. The van der Waals surface area contributed by atoms with Gasteiger partial charge in [-0.05, 0) is 49.2 Å². The van der Waals surface area contributed by atoms with Gasteiger partial charge in [-0.15, -0.1) is 0 Å². The average molecular weight is 392 g/mol.